The lowest BCUT2D eigenvalue weighted by atomic mass is 10.1. The second kappa shape index (κ2) is 9.19. The molecule has 2 aromatic carbocycles. The number of carbonyl (C=O) groups excluding carboxylic acids is 1. The Bertz CT molecular complexity index is 927. The topological polar surface area (TPSA) is 66.5 Å². The number of carbonyl (C=O) groups is 1. The molecule has 1 atom stereocenters. The van der Waals surface area contributed by atoms with Crippen molar-refractivity contribution in [1.29, 1.82) is 0 Å². The highest BCUT2D eigenvalue weighted by Gasteiger charge is 2.29. The fourth-order valence-electron chi connectivity index (χ4n) is 2.97. The molecule has 0 fully saturated rings. The summed E-state index contributed by atoms with van der Waals surface area (Å²) in [5.74, 6) is -0.638. The molecule has 1 N–H and O–H groups in total. The van der Waals surface area contributed by atoms with Gasteiger partial charge in [-0.2, -0.15) is 0 Å². The lowest BCUT2D eigenvalue weighted by Crippen LogP contribution is -2.48. The normalized spacial score (nSPS) is 12.5. The van der Waals surface area contributed by atoms with Gasteiger partial charge in [0.1, 0.15) is 11.9 Å². The molecule has 0 aliphatic heterocycles. The first-order valence-corrected chi connectivity index (χ1v) is 11.0. The minimum Gasteiger partial charge on any atom is -0.354 e. The second-order valence-corrected chi connectivity index (χ2v) is 8.88. The molecule has 0 bridgehead atoms. The van der Waals surface area contributed by atoms with Crippen molar-refractivity contribution in [2.75, 3.05) is 17.1 Å². The van der Waals surface area contributed by atoms with E-state index >= 15 is 0 Å². The number of aryl methyl sites for hydroxylation is 3. The zero-order valence-electron chi connectivity index (χ0n) is 16.7. The molecule has 0 saturated carbocycles. The number of amides is 1. The van der Waals surface area contributed by atoms with E-state index in [1.165, 1.54) is 12.1 Å². The number of nitrogens with one attached hydrogen (secondary N) is 1. The molecule has 0 spiro atoms. The van der Waals surface area contributed by atoms with Gasteiger partial charge in [0, 0.05) is 6.54 Å². The van der Waals surface area contributed by atoms with Gasteiger partial charge in [0.25, 0.3) is 0 Å². The average Bonchev–Trinajstić information content (AvgIpc) is 2.62. The summed E-state index contributed by atoms with van der Waals surface area (Å²) in [4.78, 5) is 12.5. The van der Waals surface area contributed by atoms with Gasteiger partial charge in [-0.15, -0.1) is 0 Å². The lowest BCUT2D eigenvalue weighted by molar-refractivity contribution is -0.121. The summed E-state index contributed by atoms with van der Waals surface area (Å²) >= 11 is 0. The Morgan fingerprint density at radius 3 is 2.32 bits per heavy atom. The highest BCUT2D eigenvalue weighted by molar-refractivity contribution is 7.92. The summed E-state index contributed by atoms with van der Waals surface area (Å²) in [5.41, 5.74) is 3.46. The number of nitrogens with zero attached hydrogens (tertiary/aromatic N) is 1. The maximum absolute atomic E-state index is 12.9. The lowest BCUT2D eigenvalue weighted by Gasteiger charge is -2.28. The fourth-order valence-corrected chi connectivity index (χ4v) is 4.14. The van der Waals surface area contributed by atoms with E-state index < -0.39 is 16.1 Å². The molecule has 28 heavy (non-hydrogen) atoms. The average molecular weight is 407 g/mol. The number of rotatable bonds is 8. The number of anilines is 1. The van der Waals surface area contributed by atoms with E-state index in [1.807, 2.05) is 19.9 Å². The summed E-state index contributed by atoms with van der Waals surface area (Å²) in [6.07, 6.45) is 2.47. The molecule has 0 heterocycles. The van der Waals surface area contributed by atoms with E-state index in [0.29, 0.717) is 25.1 Å². The Kier molecular flexibility index (Phi) is 7.18. The molecule has 0 aromatic heterocycles. The van der Waals surface area contributed by atoms with Crippen LogP contribution in [0.3, 0.4) is 0 Å². The van der Waals surface area contributed by atoms with Crippen LogP contribution in [0.2, 0.25) is 0 Å². The van der Waals surface area contributed by atoms with Crippen molar-refractivity contribution in [3.8, 4) is 0 Å². The Hall–Kier alpha value is -2.41. The summed E-state index contributed by atoms with van der Waals surface area (Å²) < 4.78 is 38.7. The van der Waals surface area contributed by atoms with Gasteiger partial charge in [-0.3, -0.25) is 9.10 Å². The molecule has 2 aromatic rings. The largest absolute Gasteiger partial charge is 0.354 e. The first-order valence-electron chi connectivity index (χ1n) is 9.18. The van der Waals surface area contributed by atoms with E-state index in [9.17, 15) is 17.6 Å². The second-order valence-electron chi connectivity index (χ2n) is 7.02. The monoisotopic (exact) mass is 406 g/mol. The van der Waals surface area contributed by atoms with Crippen LogP contribution in [0.1, 0.15) is 30.0 Å². The van der Waals surface area contributed by atoms with Crippen LogP contribution in [-0.4, -0.2) is 33.2 Å². The van der Waals surface area contributed by atoms with Crippen LogP contribution in [0.4, 0.5) is 10.1 Å². The Balaban J connectivity index is 2.01. The smallest absolute Gasteiger partial charge is 0.243 e. The van der Waals surface area contributed by atoms with Crippen LogP contribution < -0.4 is 9.62 Å². The number of sulfonamides is 1. The first kappa shape index (κ1) is 21.9. The van der Waals surface area contributed by atoms with Crippen molar-refractivity contribution in [3.63, 3.8) is 0 Å². The zero-order valence-corrected chi connectivity index (χ0v) is 17.5. The predicted octanol–water partition coefficient (Wildman–Crippen LogP) is 3.35. The first-order chi connectivity index (χ1) is 13.1. The van der Waals surface area contributed by atoms with Gasteiger partial charge in [-0.05, 0) is 74.6 Å². The van der Waals surface area contributed by atoms with Crippen molar-refractivity contribution in [3.05, 3.63) is 65.0 Å². The van der Waals surface area contributed by atoms with Gasteiger partial charge >= 0.3 is 0 Å². The maximum atomic E-state index is 12.9. The van der Waals surface area contributed by atoms with E-state index in [4.69, 9.17) is 0 Å². The molecule has 2 rings (SSSR count). The van der Waals surface area contributed by atoms with E-state index in [2.05, 4.69) is 5.32 Å². The zero-order chi connectivity index (χ0) is 20.9. The van der Waals surface area contributed by atoms with Gasteiger partial charge in [0.15, 0.2) is 0 Å². The number of benzene rings is 2. The summed E-state index contributed by atoms with van der Waals surface area (Å²) in [5, 5.41) is 2.79. The minimum atomic E-state index is -3.63. The van der Waals surface area contributed by atoms with Crippen molar-refractivity contribution >= 4 is 21.6 Å². The molecule has 0 unspecified atom stereocenters. The van der Waals surface area contributed by atoms with Crippen molar-refractivity contribution < 1.29 is 17.6 Å². The number of hydrogen-bond acceptors (Lipinski definition) is 3. The summed E-state index contributed by atoms with van der Waals surface area (Å²) in [6, 6.07) is 10.7. The van der Waals surface area contributed by atoms with Crippen LogP contribution in [0.5, 0.6) is 0 Å². The van der Waals surface area contributed by atoms with E-state index in [1.54, 1.807) is 31.2 Å². The molecule has 7 heteroatoms. The highest BCUT2D eigenvalue weighted by Crippen LogP contribution is 2.23. The van der Waals surface area contributed by atoms with Crippen molar-refractivity contribution in [2.24, 2.45) is 0 Å². The van der Waals surface area contributed by atoms with Gasteiger partial charge in [0.2, 0.25) is 15.9 Å². The molecular formula is C21H27FN2O3S. The third-order valence-electron chi connectivity index (χ3n) is 4.69. The van der Waals surface area contributed by atoms with Crippen LogP contribution in [0, 0.1) is 19.7 Å². The van der Waals surface area contributed by atoms with Crippen molar-refractivity contribution in [2.45, 2.75) is 39.7 Å². The molecule has 5 nitrogen and oxygen atoms in total. The molecule has 152 valence electrons. The standard InChI is InChI=1S/C21H27FN2O3S/c1-15-7-12-20(14-16(15)2)24(28(4,26)27)17(3)21(25)23-13-5-6-18-8-10-19(22)11-9-18/h7-12,14,17H,5-6,13H2,1-4H3,(H,23,25)/t17-/m0/s1. The highest BCUT2D eigenvalue weighted by atomic mass is 32.2. The molecule has 1 amide bonds. The summed E-state index contributed by atoms with van der Waals surface area (Å²) in [7, 11) is -3.63. The SMILES string of the molecule is Cc1ccc(N([C@@H](C)C(=O)NCCCc2ccc(F)cc2)S(C)(=O)=O)cc1C. The fraction of sp³-hybridized carbons (Fsp3) is 0.381. The van der Waals surface area contributed by atoms with Crippen LogP contribution in [0.25, 0.3) is 0 Å². The van der Waals surface area contributed by atoms with E-state index in [-0.39, 0.29) is 11.7 Å². The number of hydrogen-bond donors (Lipinski definition) is 1. The Morgan fingerprint density at radius 1 is 1.11 bits per heavy atom. The van der Waals surface area contributed by atoms with Gasteiger partial charge in [-0.1, -0.05) is 18.2 Å². The molecule has 0 saturated heterocycles. The maximum Gasteiger partial charge on any atom is 0.243 e. The Morgan fingerprint density at radius 2 is 1.75 bits per heavy atom. The molecular weight excluding hydrogens is 379 g/mol. The number of halogens is 1. The third kappa shape index (κ3) is 5.79. The third-order valence-corrected chi connectivity index (χ3v) is 5.93. The summed E-state index contributed by atoms with van der Waals surface area (Å²) in [6.45, 7) is 5.83. The van der Waals surface area contributed by atoms with Crippen LogP contribution in [0.15, 0.2) is 42.5 Å². The minimum absolute atomic E-state index is 0.280. The van der Waals surface area contributed by atoms with Gasteiger partial charge < -0.3 is 5.32 Å². The predicted molar refractivity (Wildman–Crippen MR) is 110 cm³/mol. The van der Waals surface area contributed by atoms with Gasteiger partial charge in [0.05, 0.1) is 11.9 Å². The quantitative estimate of drug-likeness (QED) is 0.684. The Labute approximate surface area is 166 Å². The molecule has 0 aliphatic carbocycles. The van der Waals surface area contributed by atoms with E-state index in [0.717, 1.165) is 27.3 Å². The van der Waals surface area contributed by atoms with Crippen LogP contribution >= 0.6 is 0 Å². The van der Waals surface area contributed by atoms with Gasteiger partial charge in [-0.25, -0.2) is 12.8 Å². The molecule has 0 radical (unpaired) electrons. The van der Waals surface area contributed by atoms with Crippen molar-refractivity contribution in [1.82, 2.24) is 5.32 Å². The van der Waals surface area contributed by atoms with Crippen LogP contribution in [-0.2, 0) is 21.2 Å². The molecule has 0 aliphatic rings.